The Kier molecular flexibility index (Phi) is 6.15. The van der Waals surface area contributed by atoms with Gasteiger partial charge in [0, 0.05) is 27.5 Å². The van der Waals surface area contributed by atoms with Crippen LogP contribution in [0.1, 0.15) is 0 Å². The summed E-state index contributed by atoms with van der Waals surface area (Å²) < 4.78 is 2.26. The SMILES string of the molecule is c1ccc(-c2nc(-c3ccccc3)nc(-n3c4ccccc4c4ccc5c(c43)-c3ccccc3-c3ccccc3-c3ccccc3-5)n2)cc1. The van der Waals surface area contributed by atoms with E-state index in [-0.39, 0.29) is 0 Å². The molecule has 0 saturated heterocycles. The first-order valence-corrected chi connectivity index (χ1v) is 16.6. The Morgan fingerprint density at radius 2 is 0.776 bits per heavy atom. The molecule has 0 aliphatic heterocycles. The molecular formula is C45H28N4. The van der Waals surface area contributed by atoms with Crippen LogP contribution in [0.2, 0.25) is 0 Å². The van der Waals surface area contributed by atoms with E-state index in [1.807, 2.05) is 36.4 Å². The number of fused-ring (bicyclic) bond motifs is 12. The Morgan fingerprint density at radius 1 is 0.327 bits per heavy atom. The van der Waals surface area contributed by atoms with Crippen LogP contribution < -0.4 is 0 Å². The molecule has 0 unspecified atom stereocenters. The van der Waals surface area contributed by atoms with Gasteiger partial charge >= 0.3 is 0 Å². The highest BCUT2D eigenvalue weighted by Gasteiger charge is 2.27. The zero-order chi connectivity index (χ0) is 32.3. The van der Waals surface area contributed by atoms with Crippen LogP contribution in [0.5, 0.6) is 0 Å². The summed E-state index contributed by atoms with van der Waals surface area (Å²) in [7, 11) is 0. The lowest BCUT2D eigenvalue weighted by Crippen LogP contribution is -2.07. The van der Waals surface area contributed by atoms with Crippen molar-refractivity contribution in [3.05, 3.63) is 170 Å². The first kappa shape index (κ1) is 27.5. The standard InChI is InChI=1S/C45H28N4/c1-3-15-29(16-4-1)43-46-44(30-17-5-2-6-18-30)48-45(47-43)49-40-26-14-13-24-36(40)39-28-27-38-35-23-10-9-21-33(35)31-19-7-8-20-32(31)34-22-11-12-25-37(34)41(38)42(39)49/h1-28H. The first-order valence-electron chi connectivity index (χ1n) is 16.6. The lowest BCUT2D eigenvalue weighted by atomic mass is 9.80. The van der Waals surface area contributed by atoms with Crippen molar-refractivity contribution in [2.45, 2.75) is 0 Å². The van der Waals surface area contributed by atoms with Gasteiger partial charge in [-0.05, 0) is 45.0 Å². The number of nitrogens with zero attached hydrogens (tertiary/aromatic N) is 4. The third kappa shape index (κ3) is 4.28. The third-order valence-electron chi connectivity index (χ3n) is 9.65. The molecule has 1 aliphatic rings. The van der Waals surface area contributed by atoms with Gasteiger partial charge in [-0.15, -0.1) is 0 Å². The maximum absolute atomic E-state index is 5.24. The van der Waals surface area contributed by atoms with Crippen LogP contribution in [0.25, 0.3) is 95.0 Å². The van der Waals surface area contributed by atoms with Crippen molar-refractivity contribution in [1.82, 2.24) is 19.5 Å². The molecule has 9 aromatic rings. The highest BCUT2D eigenvalue weighted by Crippen LogP contribution is 2.51. The number of rotatable bonds is 3. The van der Waals surface area contributed by atoms with E-state index in [1.54, 1.807) is 0 Å². The number of para-hydroxylation sites is 1. The maximum atomic E-state index is 5.24. The van der Waals surface area contributed by atoms with Crippen LogP contribution in [0.4, 0.5) is 0 Å². The maximum Gasteiger partial charge on any atom is 0.238 e. The third-order valence-corrected chi connectivity index (χ3v) is 9.65. The molecule has 0 bridgehead atoms. The predicted octanol–water partition coefficient (Wildman–Crippen LogP) is 11.3. The summed E-state index contributed by atoms with van der Waals surface area (Å²) in [6, 6.07) is 59.9. The molecule has 1 aliphatic carbocycles. The molecule has 0 amide bonds. The summed E-state index contributed by atoms with van der Waals surface area (Å²) in [5.41, 5.74) is 13.6. The molecule has 0 spiro atoms. The molecule has 10 rings (SSSR count). The molecule has 228 valence electrons. The smallest absolute Gasteiger partial charge is 0.238 e. The van der Waals surface area contributed by atoms with Crippen molar-refractivity contribution in [3.63, 3.8) is 0 Å². The van der Waals surface area contributed by atoms with Gasteiger partial charge < -0.3 is 0 Å². The van der Waals surface area contributed by atoms with Gasteiger partial charge in [0.25, 0.3) is 0 Å². The largest absolute Gasteiger partial charge is 0.277 e. The van der Waals surface area contributed by atoms with Gasteiger partial charge in [0.1, 0.15) is 0 Å². The Hall–Kier alpha value is -6.65. The van der Waals surface area contributed by atoms with Crippen LogP contribution in [-0.4, -0.2) is 19.5 Å². The van der Waals surface area contributed by atoms with Crippen LogP contribution >= 0.6 is 0 Å². The van der Waals surface area contributed by atoms with Crippen molar-refractivity contribution in [3.8, 4) is 73.2 Å². The van der Waals surface area contributed by atoms with Gasteiger partial charge in [0.2, 0.25) is 5.95 Å². The molecule has 2 heterocycles. The zero-order valence-corrected chi connectivity index (χ0v) is 26.5. The normalized spacial score (nSPS) is 11.7. The second kappa shape index (κ2) is 11.0. The molecule has 4 nitrogen and oxygen atoms in total. The van der Waals surface area contributed by atoms with Crippen LogP contribution in [0, 0.1) is 0 Å². The second-order valence-electron chi connectivity index (χ2n) is 12.4. The second-order valence-corrected chi connectivity index (χ2v) is 12.4. The molecule has 0 radical (unpaired) electrons. The van der Waals surface area contributed by atoms with Gasteiger partial charge in [-0.2, -0.15) is 9.97 Å². The van der Waals surface area contributed by atoms with E-state index in [4.69, 9.17) is 15.0 Å². The molecule has 0 fully saturated rings. The van der Waals surface area contributed by atoms with Gasteiger partial charge in [0.15, 0.2) is 11.6 Å². The van der Waals surface area contributed by atoms with Gasteiger partial charge in [-0.3, -0.25) is 4.57 Å². The molecular weight excluding hydrogens is 597 g/mol. The Labute approximate surface area is 283 Å². The monoisotopic (exact) mass is 624 g/mol. The molecule has 49 heavy (non-hydrogen) atoms. The summed E-state index contributed by atoms with van der Waals surface area (Å²) in [6.07, 6.45) is 0. The average Bonchev–Trinajstić information content (AvgIpc) is 3.52. The molecule has 4 heteroatoms. The van der Waals surface area contributed by atoms with Gasteiger partial charge in [0.05, 0.1) is 11.0 Å². The highest BCUT2D eigenvalue weighted by molar-refractivity contribution is 6.18. The zero-order valence-electron chi connectivity index (χ0n) is 26.5. The Balaban J connectivity index is 1.39. The van der Waals surface area contributed by atoms with E-state index in [0.717, 1.165) is 38.5 Å². The van der Waals surface area contributed by atoms with Crippen LogP contribution in [0.3, 0.4) is 0 Å². The van der Waals surface area contributed by atoms with Crippen molar-refractivity contribution in [2.75, 3.05) is 0 Å². The molecule has 2 aromatic heterocycles. The predicted molar refractivity (Wildman–Crippen MR) is 200 cm³/mol. The van der Waals surface area contributed by atoms with E-state index in [1.165, 1.54) is 38.9 Å². The summed E-state index contributed by atoms with van der Waals surface area (Å²) in [5.74, 6) is 1.85. The Morgan fingerprint density at radius 3 is 1.35 bits per heavy atom. The van der Waals surface area contributed by atoms with E-state index in [2.05, 4.69) is 138 Å². The highest BCUT2D eigenvalue weighted by atomic mass is 15.2. The fourth-order valence-electron chi connectivity index (χ4n) is 7.50. The van der Waals surface area contributed by atoms with E-state index in [0.29, 0.717) is 17.6 Å². The first-order chi connectivity index (χ1) is 24.3. The minimum atomic E-state index is 0.584. The van der Waals surface area contributed by atoms with Gasteiger partial charge in [-0.25, -0.2) is 4.98 Å². The summed E-state index contributed by atoms with van der Waals surface area (Å²) in [6.45, 7) is 0. The average molecular weight is 625 g/mol. The fourth-order valence-corrected chi connectivity index (χ4v) is 7.50. The van der Waals surface area contributed by atoms with E-state index >= 15 is 0 Å². The number of aromatic nitrogens is 4. The van der Waals surface area contributed by atoms with Crippen LogP contribution in [-0.2, 0) is 0 Å². The number of hydrogen-bond acceptors (Lipinski definition) is 3. The number of benzene rings is 7. The Bertz CT molecular complexity index is 2650. The minimum Gasteiger partial charge on any atom is -0.277 e. The fraction of sp³-hybridized carbons (Fsp3) is 0. The summed E-state index contributed by atoms with van der Waals surface area (Å²) in [4.78, 5) is 15.5. The number of hydrogen-bond donors (Lipinski definition) is 0. The van der Waals surface area contributed by atoms with E-state index < -0.39 is 0 Å². The topological polar surface area (TPSA) is 43.6 Å². The van der Waals surface area contributed by atoms with Crippen molar-refractivity contribution in [1.29, 1.82) is 0 Å². The lowest BCUT2D eigenvalue weighted by Gasteiger charge is -2.24. The quantitative estimate of drug-likeness (QED) is 0.196. The molecule has 7 aromatic carbocycles. The molecule has 0 saturated carbocycles. The molecule has 0 atom stereocenters. The summed E-state index contributed by atoms with van der Waals surface area (Å²) >= 11 is 0. The van der Waals surface area contributed by atoms with Crippen molar-refractivity contribution >= 4 is 21.8 Å². The summed E-state index contributed by atoms with van der Waals surface area (Å²) in [5, 5.41) is 2.30. The van der Waals surface area contributed by atoms with Gasteiger partial charge in [-0.1, -0.05) is 164 Å². The van der Waals surface area contributed by atoms with Crippen molar-refractivity contribution < 1.29 is 0 Å². The lowest BCUT2D eigenvalue weighted by molar-refractivity contribution is 0.954. The minimum absolute atomic E-state index is 0.584. The molecule has 0 N–H and O–H groups in total. The van der Waals surface area contributed by atoms with E-state index in [9.17, 15) is 0 Å². The van der Waals surface area contributed by atoms with Crippen molar-refractivity contribution in [2.24, 2.45) is 0 Å². The van der Waals surface area contributed by atoms with Crippen LogP contribution in [0.15, 0.2) is 170 Å².